The fourth-order valence-electron chi connectivity index (χ4n) is 3.70. The van der Waals surface area contributed by atoms with Gasteiger partial charge in [-0.25, -0.2) is 4.98 Å². The molecule has 1 unspecified atom stereocenters. The van der Waals surface area contributed by atoms with Gasteiger partial charge >= 0.3 is 0 Å². The molecule has 1 atom stereocenters. The van der Waals surface area contributed by atoms with Crippen molar-refractivity contribution in [2.75, 3.05) is 6.54 Å². The Morgan fingerprint density at radius 1 is 1.19 bits per heavy atom. The lowest BCUT2D eigenvalue weighted by Gasteiger charge is -2.35. The molecule has 0 aliphatic carbocycles. The zero-order chi connectivity index (χ0) is 18.6. The van der Waals surface area contributed by atoms with Crippen molar-refractivity contribution in [3.63, 3.8) is 0 Å². The summed E-state index contributed by atoms with van der Waals surface area (Å²) >= 11 is 0. The first kappa shape index (κ1) is 17.5. The molecule has 3 aromatic heterocycles. The summed E-state index contributed by atoms with van der Waals surface area (Å²) in [6, 6.07) is 11.6. The number of aromatic amines is 1. The zero-order valence-corrected chi connectivity index (χ0v) is 15.4. The molecule has 1 fully saturated rings. The van der Waals surface area contributed by atoms with Crippen LogP contribution in [0.5, 0.6) is 0 Å². The fraction of sp³-hybridized carbons (Fsp3) is 0.333. The molecule has 27 heavy (non-hydrogen) atoms. The molecule has 138 valence electrons. The van der Waals surface area contributed by atoms with Crippen molar-refractivity contribution in [3.8, 4) is 11.4 Å². The molecule has 1 aliphatic rings. The molecule has 4 heterocycles. The third kappa shape index (κ3) is 4.11. The number of hydrogen-bond donors (Lipinski definition) is 1. The average molecular weight is 361 g/mol. The number of nitrogens with zero attached hydrogens (tertiary/aromatic N) is 4. The highest BCUT2D eigenvalue weighted by Crippen LogP contribution is 2.31. The predicted octanol–water partition coefficient (Wildman–Crippen LogP) is 3.26. The van der Waals surface area contributed by atoms with Crippen LogP contribution in [0.2, 0.25) is 0 Å². The molecule has 0 spiro atoms. The Morgan fingerprint density at radius 2 is 2.11 bits per heavy atom. The maximum Gasteiger partial charge on any atom is 0.251 e. The normalized spacial score (nSPS) is 17.7. The molecule has 1 N–H and O–H groups in total. The van der Waals surface area contributed by atoms with Gasteiger partial charge < -0.3 is 4.98 Å². The molecule has 1 saturated heterocycles. The van der Waals surface area contributed by atoms with Crippen LogP contribution in [0.15, 0.2) is 53.6 Å². The van der Waals surface area contributed by atoms with Crippen LogP contribution in [0.3, 0.4) is 0 Å². The zero-order valence-electron chi connectivity index (χ0n) is 15.4. The fourth-order valence-corrected chi connectivity index (χ4v) is 3.70. The Hall–Kier alpha value is -2.86. The number of aryl methyl sites for hydroxylation is 1. The van der Waals surface area contributed by atoms with Crippen LogP contribution in [0.1, 0.15) is 42.4 Å². The highest BCUT2D eigenvalue weighted by atomic mass is 16.1. The Bertz CT molecular complexity index is 970. The molecule has 0 amide bonds. The van der Waals surface area contributed by atoms with Crippen LogP contribution in [0, 0.1) is 6.92 Å². The topological polar surface area (TPSA) is 74.8 Å². The summed E-state index contributed by atoms with van der Waals surface area (Å²) < 4.78 is 0. The van der Waals surface area contributed by atoms with Crippen molar-refractivity contribution in [2.45, 2.75) is 38.8 Å². The van der Waals surface area contributed by atoms with E-state index >= 15 is 0 Å². The van der Waals surface area contributed by atoms with Gasteiger partial charge in [-0.05, 0) is 50.6 Å². The van der Waals surface area contributed by atoms with Crippen molar-refractivity contribution in [3.05, 3.63) is 76.2 Å². The van der Waals surface area contributed by atoms with Gasteiger partial charge in [-0.1, -0.05) is 12.5 Å². The highest BCUT2D eigenvalue weighted by Gasteiger charge is 2.26. The minimum absolute atomic E-state index is 0.124. The van der Waals surface area contributed by atoms with Gasteiger partial charge in [0.15, 0.2) is 0 Å². The summed E-state index contributed by atoms with van der Waals surface area (Å²) in [6.45, 7) is 3.76. The number of aromatic nitrogens is 4. The Morgan fingerprint density at radius 3 is 2.93 bits per heavy atom. The summed E-state index contributed by atoms with van der Waals surface area (Å²) in [7, 11) is 0. The Labute approximate surface area is 158 Å². The highest BCUT2D eigenvalue weighted by molar-refractivity contribution is 5.52. The minimum Gasteiger partial charge on any atom is -0.306 e. The molecule has 4 rings (SSSR count). The van der Waals surface area contributed by atoms with Gasteiger partial charge in [0.25, 0.3) is 5.56 Å². The van der Waals surface area contributed by atoms with Gasteiger partial charge in [-0.15, -0.1) is 0 Å². The van der Waals surface area contributed by atoms with E-state index in [4.69, 9.17) is 4.98 Å². The number of H-pyrrole nitrogens is 1. The van der Waals surface area contributed by atoms with Crippen LogP contribution in [0.25, 0.3) is 11.4 Å². The van der Waals surface area contributed by atoms with E-state index in [-0.39, 0.29) is 11.6 Å². The summed E-state index contributed by atoms with van der Waals surface area (Å²) in [5, 5.41) is 0. The lowest BCUT2D eigenvalue weighted by atomic mass is 9.98. The van der Waals surface area contributed by atoms with Gasteiger partial charge in [0.1, 0.15) is 5.82 Å². The monoisotopic (exact) mass is 361 g/mol. The lowest BCUT2D eigenvalue weighted by molar-refractivity contribution is 0.135. The quantitative estimate of drug-likeness (QED) is 0.772. The summed E-state index contributed by atoms with van der Waals surface area (Å²) in [5.41, 5.74) is 3.59. The molecule has 6 nitrogen and oxygen atoms in total. The van der Waals surface area contributed by atoms with Crippen LogP contribution in [-0.4, -0.2) is 31.4 Å². The molecule has 0 saturated carbocycles. The third-order valence-corrected chi connectivity index (χ3v) is 4.96. The first-order valence-corrected chi connectivity index (χ1v) is 9.37. The summed E-state index contributed by atoms with van der Waals surface area (Å²) in [6.07, 6.45) is 6.72. The van der Waals surface area contributed by atoms with Crippen LogP contribution < -0.4 is 5.56 Å². The van der Waals surface area contributed by atoms with Crippen LogP contribution in [-0.2, 0) is 6.54 Å². The van der Waals surface area contributed by atoms with E-state index in [2.05, 4.69) is 25.9 Å². The van der Waals surface area contributed by atoms with Gasteiger partial charge in [0.2, 0.25) is 0 Å². The molecule has 6 heteroatoms. The van der Waals surface area contributed by atoms with E-state index in [9.17, 15) is 4.79 Å². The van der Waals surface area contributed by atoms with Crippen molar-refractivity contribution in [1.29, 1.82) is 0 Å². The van der Waals surface area contributed by atoms with Crippen LogP contribution >= 0.6 is 0 Å². The third-order valence-electron chi connectivity index (χ3n) is 4.96. The van der Waals surface area contributed by atoms with Gasteiger partial charge in [0.05, 0.1) is 17.4 Å². The van der Waals surface area contributed by atoms with E-state index in [1.54, 1.807) is 18.5 Å². The average Bonchev–Trinajstić information content (AvgIpc) is 2.69. The maximum atomic E-state index is 12.3. The smallest absolute Gasteiger partial charge is 0.251 e. The van der Waals surface area contributed by atoms with Crippen LogP contribution in [0.4, 0.5) is 0 Å². The Kier molecular flexibility index (Phi) is 5.07. The SMILES string of the molecule is Cc1cccc(CN2CCCCC2c2cc(=O)[nH]c(-c3cccnc3)n2)n1. The summed E-state index contributed by atoms with van der Waals surface area (Å²) in [4.78, 5) is 31.1. The van der Waals surface area contributed by atoms with Gasteiger partial charge in [-0.3, -0.25) is 19.7 Å². The second-order valence-corrected chi connectivity index (χ2v) is 7.01. The van der Waals surface area contributed by atoms with Gasteiger partial charge in [-0.2, -0.15) is 0 Å². The maximum absolute atomic E-state index is 12.3. The standard InChI is InChI=1S/C21H23N5O/c1-15-6-4-8-17(23-15)14-26-11-3-2-9-19(26)18-12-20(27)25-21(24-18)16-7-5-10-22-13-16/h4-8,10,12-13,19H,2-3,9,11,14H2,1H3,(H,24,25,27). The lowest BCUT2D eigenvalue weighted by Crippen LogP contribution is -2.34. The molecule has 3 aromatic rings. The predicted molar refractivity (Wildman–Crippen MR) is 104 cm³/mol. The number of piperidine rings is 1. The number of hydrogen-bond acceptors (Lipinski definition) is 5. The number of likely N-dealkylation sites (tertiary alicyclic amines) is 1. The second kappa shape index (κ2) is 7.80. The largest absolute Gasteiger partial charge is 0.306 e. The molecule has 0 aromatic carbocycles. The minimum atomic E-state index is -0.127. The molecule has 1 aliphatic heterocycles. The van der Waals surface area contributed by atoms with Crippen molar-refractivity contribution in [1.82, 2.24) is 24.8 Å². The van der Waals surface area contributed by atoms with E-state index in [0.29, 0.717) is 5.82 Å². The van der Waals surface area contributed by atoms with E-state index < -0.39 is 0 Å². The number of pyridine rings is 2. The van der Waals surface area contributed by atoms with E-state index in [1.807, 2.05) is 31.2 Å². The van der Waals surface area contributed by atoms with E-state index in [1.165, 1.54) is 0 Å². The first-order valence-electron chi connectivity index (χ1n) is 9.37. The van der Waals surface area contributed by atoms with Crippen molar-refractivity contribution < 1.29 is 0 Å². The Balaban J connectivity index is 1.65. The number of rotatable bonds is 4. The molecule has 0 bridgehead atoms. The van der Waals surface area contributed by atoms with Crippen molar-refractivity contribution in [2.24, 2.45) is 0 Å². The molecule has 0 radical (unpaired) electrons. The number of nitrogens with one attached hydrogen (secondary N) is 1. The second-order valence-electron chi connectivity index (χ2n) is 7.01. The molecular formula is C21H23N5O. The van der Waals surface area contributed by atoms with E-state index in [0.717, 1.165) is 55.0 Å². The van der Waals surface area contributed by atoms with Gasteiger partial charge in [0, 0.05) is 36.3 Å². The molecular weight excluding hydrogens is 338 g/mol. The first-order chi connectivity index (χ1) is 13.2. The summed E-state index contributed by atoms with van der Waals surface area (Å²) in [5.74, 6) is 0.574. The van der Waals surface area contributed by atoms with Crippen molar-refractivity contribution >= 4 is 0 Å².